The molecule has 0 aliphatic carbocycles. The molecule has 2 saturated heterocycles. The van der Waals surface area contributed by atoms with Crippen LogP contribution in [0.25, 0.3) is 34.8 Å². The molecule has 2 fully saturated rings. The number of benzene rings is 4. The largest absolute Gasteiger partial charge is 0.457 e. The molecule has 11 nitrogen and oxygen atoms in total. The van der Waals surface area contributed by atoms with E-state index in [0.717, 1.165) is 44.5 Å². The molecule has 4 heterocycles. The summed E-state index contributed by atoms with van der Waals surface area (Å²) in [6.45, 7) is 1.26. The predicted molar refractivity (Wildman–Crippen MR) is 234 cm³/mol. The van der Waals surface area contributed by atoms with E-state index in [2.05, 4.69) is 5.32 Å². The van der Waals surface area contributed by atoms with Crippen molar-refractivity contribution in [3.8, 4) is 22.6 Å². The number of carbonyl (C=O) groups is 6. The molecule has 0 atom stereocenters. The molecule has 6 aromatic rings. The maximum absolute atomic E-state index is 12.6. The highest BCUT2D eigenvalue weighted by atomic mass is 35.5. The monoisotopic (exact) mass is 875 g/mol. The van der Waals surface area contributed by atoms with Crippen LogP contribution in [-0.4, -0.2) is 56.9 Å². The average Bonchev–Trinajstić information content (AvgIpc) is 4.01. The summed E-state index contributed by atoms with van der Waals surface area (Å²) in [6, 6.07) is 37.3. The van der Waals surface area contributed by atoms with E-state index in [1.807, 2.05) is 55.5 Å². The molecular weight excluding hydrogens is 846 g/mol. The van der Waals surface area contributed by atoms with Crippen molar-refractivity contribution in [3.63, 3.8) is 0 Å². The van der Waals surface area contributed by atoms with Crippen LogP contribution in [0.15, 0.2) is 146 Å². The first kappa shape index (κ1) is 41.8. The van der Waals surface area contributed by atoms with Gasteiger partial charge in [-0.3, -0.25) is 38.6 Å². The maximum atomic E-state index is 12.6. The van der Waals surface area contributed by atoms with Crippen molar-refractivity contribution >= 4 is 98.5 Å². The molecule has 0 radical (unpaired) electrons. The minimum Gasteiger partial charge on any atom is -0.457 e. The van der Waals surface area contributed by atoms with Crippen LogP contribution in [0.2, 0.25) is 10.0 Å². The second-order valence-corrected chi connectivity index (χ2v) is 16.0. The first-order valence-corrected chi connectivity index (χ1v) is 20.5. The third-order valence-corrected chi connectivity index (χ3v) is 11.2. The Bertz CT molecular complexity index is 2710. The molecule has 5 amide bonds. The first-order chi connectivity index (χ1) is 28.9. The molecule has 300 valence electrons. The quantitative estimate of drug-likeness (QED) is 0.104. The fourth-order valence-corrected chi connectivity index (χ4v) is 8.05. The summed E-state index contributed by atoms with van der Waals surface area (Å²) < 4.78 is 11.5. The molecule has 0 spiro atoms. The summed E-state index contributed by atoms with van der Waals surface area (Å²) in [5.74, 6) is 0.226. The number of carbonyl (C=O) groups excluding carboxylic acids is 6. The van der Waals surface area contributed by atoms with Gasteiger partial charge in [-0.1, -0.05) is 96.0 Å². The van der Waals surface area contributed by atoms with E-state index in [9.17, 15) is 28.8 Å². The number of anilines is 1. The van der Waals surface area contributed by atoms with Crippen molar-refractivity contribution < 1.29 is 37.6 Å². The highest BCUT2D eigenvalue weighted by molar-refractivity contribution is 8.18. The zero-order chi connectivity index (χ0) is 42.3. The van der Waals surface area contributed by atoms with E-state index in [4.69, 9.17) is 32.0 Å². The lowest BCUT2D eigenvalue weighted by molar-refractivity contribution is -0.127. The van der Waals surface area contributed by atoms with Crippen LogP contribution in [-0.2, 0) is 14.4 Å². The minimum atomic E-state index is -0.531. The van der Waals surface area contributed by atoms with Gasteiger partial charge in [-0.05, 0) is 90.6 Å². The summed E-state index contributed by atoms with van der Waals surface area (Å²) in [7, 11) is 0. The van der Waals surface area contributed by atoms with Crippen molar-refractivity contribution in [1.82, 2.24) is 9.80 Å². The number of thioether (sulfide) groups is 2. The van der Waals surface area contributed by atoms with Gasteiger partial charge in [0.25, 0.3) is 22.3 Å². The van der Waals surface area contributed by atoms with Crippen LogP contribution in [0, 0.1) is 6.92 Å². The Morgan fingerprint density at radius 2 is 1.23 bits per heavy atom. The second-order valence-electron chi connectivity index (χ2n) is 13.1. The second kappa shape index (κ2) is 18.7. The maximum Gasteiger partial charge on any atom is 0.294 e. The fraction of sp³-hybridized carbons (Fsp3) is 0.0667. The third kappa shape index (κ3) is 10.1. The highest BCUT2D eigenvalue weighted by Gasteiger charge is 2.38. The van der Waals surface area contributed by atoms with Crippen LogP contribution in [0.1, 0.15) is 27.4 Å². The van der Waals surface area contributed by atoms with Crippen molar-refractivity contribution in [2.24, 2.45) is 0 Å². The number of hydrogen-bond acceptors (Lipinski definition) is 10. The summed E-state index contributed by atoms with van der Waals surface area (Å²) in [5.41, 5.74) is 3.62. The normalized spacial score (nSPS) is 15.2. The number of halogens is 2. The van der Waals surface area contributed by atoms with E-state index in [-0.39, 0.29) is 28.7 Å². The fourth-order valence-electron chi connectivity index (χ4n) is 5.91. The van der Waals surface area contributed by atoms with Gasteiger partial charge < -0.3 is 14.2 Å². The smallest absolute Gasteiger partial charge is 0.294 e. The van der Waals surface area contributed by atoms with Gasteiger partial charge in [-0.25, -0.2) is 0 Å². The summed E-state index contributed by atoms with van der Waals surface area (Å²) in [6.07, 6.45) is 3.00. The molecule has 0 unspecified atom stereocenters. The number of furan rings is 2. The van der Waals surface area contributed by atoms with Crippen LogP contribution >= 0.6 is 46.7 Å². The van der Waals surface area contributed by atoms with E-state index in [1.165, 1.54) is 12.2 Å². The molecule has 0 saturated carbocycles. The molecular formula is C45H31Cl2N3O8S2. The number of rotatable bonds is 10. The molecule has 15 heteroatoms. The van der Waals surface area contributed by atoms with Gasteiger partial charge in [0.15, 0.2) is 5.78 Å². The molecule has 8 rings (SSSR count). The standard InChI is InChI=1S/C23H18N2O4S.C22H13Cl2NO4S/c1-15-6-5-9-17(12-15)24-21(26)14-25-22(27)20(30-23(25)28)13-18-10-11-19(29-18)16-7-3-2-4-8-16;23-14-6-8-16(17(24)10-14)19-9-7-15(29-19)11-20-21(27)25(22(28)30-20)12-18(26)13-4-2-1-3-5-13/h2-13H,14H2,1H3,(H,24,26);1-11H,12H2/b20-13-;20-11-. The average molecular weight is 877 g/mol. The van der Waals surface area contributed by atoms with Gasteiger partial charge in [0.2, 0.25) is 5.91 Å². The van der Waals surface area contributed by atoms with Crippen LogP contribution in [0.4, 0.5) is 15.3 Å². The van der Waals surface area contributed by atoms with Gasteiger partial charge >= 0.3 is 0 Å². The predicted octanol–water partition coefficient (Wildman–Crippen LogP) is 11.1. The Kier molecular flexibility index (Phi) is 13.0. The summed E-state index contributed by atoms with van der Waals surface area (Å²) >= 11 is 13.7. The number of Topliss-reactive ketones (excluding diaryl/α,β-unsaturated/α-hetero) is 1. The van der Waals surface area contributed by atoms with Crippen molar-refractivity contribution in [2.45, 2.75) is 6.92 Å². The number of imide groups is 2. The van der Waals surface area contributed by atoms with Gasteiger partial charge in [-0.2, -0.15) is 0 Å². The Labute approximate surface area is 362 Å². The van der Waals surface area contributed by atoms with Crippen molar-refractivity contribution in [1.29, 1.82) is 0 Å². The molecule has 2 aromatic heterocycles. The Balaban J connectivity index is 0.000000181. The van der Waals surface area contributed by atoms with Gasteiger partial charge in [0.1, 0.15) is 29.6 Å². The third-order valence-electron chi connectivity index (χ3n) is 8.80. The Hall–Kier alpha value is -6.38. The lowest BCUT2D eigenvalue weighted by Gasteiger charge is -2.12. The van der Waals surface area contributed by atoms with E-state index in [0.29, 0.717) is 49.9 Å². The topological polar surface area (TPSA) is 147 Å². The lowest BCUT2D eigenvalue weighted by atomic mass is 10.1. The summed E-state index contributed by atoms with van der Waals surface area (Å²) in [5, 5.41) is 2.66. The number of aryl methyl sites for hydroxylation is 1. The first-order valence-electron chi connectivity index (χ1n) is 18.1. The van der Waals surface area contributed by atoms with Crippen LogP contribution in [0.3, 0.4) is 0 Å². The molecule has 1 N–H and O–H groups in total. The van der Waals surface area contributed by atoms with Crippen molar-refractivity contribution in [2.75, 3.05) is 18.4 Å². The summed E-state index contributed by atoms with van der Waals surface area (Å²) in [4.78, 5) is 76.7. The number of nitrogens with one attached hydrogen (secondary N) is 1. The molecule has 4 aromatic carbocycles. The number of amides is 5. The zero-order valence-corrected chi connectivity index (χ0v) is 34.6. The molecule has 2 aliphatic heterocycles. The number of hydrogen-bond donors (Lipinski definition) is 1. The van der Waals surface area contributed by atoms with Crippen LogP contribution in [0.5, 0.6) is 0 Å². The van der Waals surface area contributed by atoms with E-state index < -0.39 is 28.2 Å². The lowest BCUT2D eigenvalue weighted by Crippen LogP contribution is -2.36. The van der Waals surface area contributed by atoms with Crippen molar-refractivity contribution in [3.05, 3.63) is 170 Å². The zero-order valence-electron chi connectivity index (χ0n) is 31.4. The highest BCUT2D eigenvalue weighted by Crippen LogP contribution is 2.36. The van der Waals surface area contributed by atoms with E-state index in [1.54, 1.807) is 78.9 Å². The Morgan fingerprint density at radius 3 is 1.85 bits per heavy atom. The van der Waals surface area contributed by atoms with Crippen LogP contribution < -0.4 is 5.32 Å². The number of nitrogens with zero attached hydrogens (tertiary/aromatic N) is 2. The van der Waals surface area contributed by atoms with Gasteiger partial charge in [-0.15, -0.1) is 0 Å². The number of ketones is 1. The van der Waals surface area contributed by atoms with E-state index >= 15 is 0 Å². The molecule has 60 heavy (non-hydrogen) atoms. The van der Waals surface area contributed by atoms with Gasteiger partial charge in [0, 0.05) is 39.6 Å². The minimum absolute atomic E-state index is 0.184. The molecule has 0 bridgehead atoms. The van der Waals surface area contributed by atoms with Gasteiger partial charge in [0.05, 0.1) is 21.4 Å². The Morgan fingerprint density at radius 1 is 0.650 bits per heavy atom. The SMILES string of the molecule is Cc1cccc(NC(=O)CN2C(=O)S/C(=C\c3ccc(-c4ccccc4)o3)C2=O)c1.O=C(CN1C(=O)S/C(=C\c2ccc(-c3ccc(Cl)cc3Cl)o2)C1=O)c1ccccc1. The molecule has 2 aliphatic rings.